The fourth-order valence-corrected chi connectivity index (χ4v) is 4.13. The Labute approximate surface area is 120 Å². The Morgan fingerprint density at radius 1 is 1.30 bits per heavy atom. The highest BCUT2D eigenvalue weighted by Gasteiger charge is 2.42. The molecule has 0 radical (unpaired) electrons. The first-order valence-electron chi connectivity index (χ1n) is 7.13. The van der Waals surface area contributed by atoms with E-state index in [0.717, 1.165) is 19.3 Å². The van der Waals surface area contributed by atoms with Crippen LogP contribution in [0.3, 0.4) is 0 Å². The second-order valence-corrected chi connectivity index (χ2v) is 8.27. The Balaban J connectivity index is 2.01. The molecule has 1 N–H and O–H groups in total. The number of likely N-dealkylation sites (tertiary alicyclic amines) is 1. The summed E-state index contributed by atoms with van der Waals surface area (Å²) in [5.41, 5.74) is 0.0317. The number of rotatable bonds is 3. The number of amides is 1. The summed E-state index contributed by atoms with van der Waals surface area (Å²) in [6, 6.07) is 0. The number of aliphatic hydroxyl groups excluding tert-OH is 1. The van der Waals surface area contributed by atoms with Gasteiger partial charge in [-0.25, -0.2) is 12.7 Å². The molecule has 0 aliphatic carbocycles. The molecule has 116 valence electrons. The van der Waals surface area contributed by atoms with Crippen LogP contribution in [-0.4, -0.2) is 67.2 Å². The van der Waals surface area contributed by atoms with Gasteiger partial charge in [0.05, 0.1) is 12.4 Å². The summed E-state index contributed by atoms with van der Waals surface area (Å²) < 4.78 is 24.6. The molecule has 20 heavy (non-hydrogen) atoms. The maximum Gasteiger partial charge on any atom is 0.222 e. The summed E-state index contributed by atoms with van der Waals surface area (Å²) in [6.45, 7) is 3.77. The first kappa shape index (κ1) is 15.7. The number of β-amino-alcohol motifs (C(OH)–C–C–N with tert-alkyl or cyclic N) is 1. The van der Waals surface area contributed by atoms with Crippen molar-refractivity contribution in [2.75, 3.05) is 32.4 Å². The summed E-state index contributed by atoms with van der Waals surface area (Å²) >= 11 is 0. The fraction of sp³-hybridized carbons (Fsp3) is 0.923. The van der Waals surface area contributed by atoms with Crippen molar-refractivity contribution in [1.82, 2.24) is 9.21 Å². The molecule has 2 saturated heterocycles. The molecule has 0 bridgehead atoms. The van der Waals surface area contributed by atoms with Crippen molar-refractivity contribution in [1.29, 1.82) is 0 Å². The van der Waals surface area contributed by atoms with E-state index >= 15 is 0 Å². The molecule has 2 aliphatic heterocycles. The van der Waals surface area contributed by atoms with Crippen LogP contribution in [0.1, 0.15) is 32.6 Å². The van der Waals surface area contributed by atoms with Crippen LogP contribution in [0.25, 0.3) is 0 Å². The van der Waals surface area contributed by atoms with Crippen molar-refractivity contribution in [2.24, 2.45) is 5.41 Å². The van der Waals surface area contributed by atoms with Gasteiger partial charge in [-0.2, -0.15) is 0 Å². The van der Waals surface area contributed by atoms with Crippen molar-refractivity contribution < 1.29 is 18.3 Å². The van der Waals surface area contributed by atoms with Gasteiger partial charge in [0.1, 0.15) is 0 Å². The highest BCUT2D eigenvalue weighted by atomic mass is 32.2. The Morgan fingerprint density at radius 3 is 2.40 bits per heavy atom. The van der Waals surface area contributed by atoms with Gasteiger partial charge in [0.25, 0.3) is 0 Å². The molecule has 1 atom stereocenters. The maximum absolute atomic E-state index is 11.9. The minimum Gasteiger partial charge on any atom is -0.392 e. The van der Waals surface area contributed by atoms with Gasteiger partial charge in [0, 0.05) is 32.6 Å². The second-order valence-electron chi connectivity index (χ2n) is 6.29. The topological polar surface area (TPSA) is 77.9 Å². The lowest BCUT2D eigenvalue weighted by molar-refractivity contribution is -0.140. The van der Waals surface area contributed by atoms with E-state index in [1.165, 1.54) is 10.6 Å². The van der Waals surface area contributed by atoms with Crippen molar-refractivity contribution in [3.63, 3.8) is 0 Å². The predicted molar refractivity (Wildman–Crippen MR) is 75.6 cm³/mol. The molecular formula is C13H24N2O4S. The second kappa shape index (κ2) is 5.61. The fourth-order valence-electron chi connectivity index (χ4n) is 3.29. The number of nitrogens with zero attached hydrogens (tertiary/aromatic N) is 2. The van der Waals surface area contributed by atoms with Gasteiger partial charge in [-0.05, 0) is 31.6 Å². The van der Waals surface area contributed by atoms with Crippen molar-refractivity contribution in [3.05, 3.63) is 0 Å². The van der Waals surface area contributed by atoms with Crippen LogP contribution in [-0.2, 0) is 14.8 Å². The number of carbonyl (C=O) groups excluding carboxylic acids is 1. The number of hydrogen-bond donors (Lipinski definition) is 1. The lowest BCUT2D eigenvalue weighted by atomic mass is 9.72. The Bertz CT molecular complexity index is 467. The number of piperidine rings is 2. The molecule has 1 amide bonds. The quantitative estimate of drug-likeness (QED) is 0.798. The summed E-state index contributed by atoms with van der Waals surface area (Å²) in [6.07, 6.45) is 3.65. The van der Waals surface area contributed by atoms with Crippen LogP contribution in [0.5, 0.6) is 0 Å². The van der Waals surface area contributed by atoms with Gasteiger partial charge in [-0.15, -0.1) is 0 Å². The molecule has 0 aromatic rings. The van der Waals surface area contributed by atoms with E-state index in [9.17, 15) is 18.3 Å². The molecule has 2 fully saturated rings. The van der Waals surface area contributed by atoms with Gasteiger partial charge >= 0.3 is 0 Å². The number of hydrogen-bond acceptors (Lipinski definition) is 4. The zero-order valence-electron chi connectivity index (χ0n) is 12.2. The lowest BCUT2D eigenvalue weighted by Crippen LogP contribution is -2.53. The van der Waals surface area contributed by atoms with Crippen molar-refractivity contribution >= 4 is 15.9 Å². The van der Waals surface area contributed by atoms with E-state index in [1.807, 2.05) is 0 Å². The summed E-state index contributed by atoms with van der Waals surface area (Å²) in [4.78, 5) is 13.6. The molecule has 2 heterocycles. The standard InChI is InChI=1S/C13H24N2O4S/c1-11(16)9-14-10-13(4-3-12(14)17)5-7-15(8-6-13)20(2,18)19/h11,16H,3-10H2,1-2H3/t11-/m1/s1. The first-order chi connectivity index (χ1) is 9.22. The third kappa shape index (κ3) is 3.51. The third-order valence-electron chi connectivity index (χ3n) is 4.48. The summed E-state index contributed by atoms with van der Waals surface area (Å²) in [5, 5.41) is 9.48. The van der Waals surface area contributed by atoms with Crippen LogP contribution >= 0.6 is 0 Å². The zero-order chi connectivity index (χ0) is 15.0. The van der Waals surface area contributed by atoms with Crippen LogP contribution in [0.4, 0.5) is 0 Å². The van der Waals surface area contributed by atoms with Gasteiger partial charge in [-0.3, -0.25) is 4.79 Å². The highest BCUT2D eigenvalue weighted by molar-refractivity contribution is 7.88. The molecule has 0 unspecified atom stereocenters. The summed E-state index contributed by atoms with van der Waals surface area (Å²) in [5.74, 6) is 0.0991. The number of sulfonamides is 1. The largest absolute Gasteiger partial charge is 0.392 e. The Morgan fingerprint density at radius 2 is 1.90 bits per heavy atom. The van der Waals surface area contributed by atoms with Crippen LogP contribution in [0, 0.1) is 5.41 Å². The minimum absolute atomic E-state index is 0.0317. The highest BCUT2D eigenvalue weighted by Crippen LogP contribution is 2.40. The third-order valence-corrected chi connectivity index (χ3v) is 5.79. The van der Waals surface area contributed by atoms with E-state index in [4.69, 9.17) is 0 Å². The molecule has 1 spiro atoms. The van der Waals surface area contributed by atoms with Gasteiger partial charge in [-0.1, -0.05) is 0 Å². The zero-order valence-corrected chi connectivity index (χ0v) is 13.0. The molecule has 0 aromatic heterocycles. The van der Waals surface area contributed by atoms with Gasteiger partial charge < -0.3 is 10.0 Å². The average molecular weight is 304 g/mol. The Kier molecular flexibility index (Phi) is 4.41. The van der Waals surface area contributed by atoms with E-state index in [1.54, 1.807) is 11.8 Å². The SMILES string of the molecule is C[C@@H](O)CN1CC2(CCC1=O)CCN(S(C)(=O)=O)CC2. The number of carbonyl (C=O) groups is 1. The maximum atomic E-state index is 11.9. The molecular weight excluding hydrogens is 280 g/mol. The Hall–Kier alpha value is -0.660. The smallest absolute Gasteiger partial charge is 0.222 e. The predicted octanol–water partition coefficient (Wildman–Crippen LogP) is 0.0314. The van der Waals surface area contributed by atoms with Crippen LogP contribution in [0.15, 0.2) is 0 Å². The summed E-state index contributed by atoms with van der Waals surface area (Å²) in [7, 11) is -3.11. The monoisotopic (exact) mass is 304 g/mol. The van der Waals surface area contributed by atoms with Gasteiger partial charge in [0.15, 0.2) is 0 Å². The van der Waals surface area contributed by atoms with Crippen molar-refractivity contribution in [3.8, 4) is 0 Å². The minimum atomic E-state index is -3.11. The number of aliphatic hydroxyl groups is 1. The normalized spacial score (nSPS) is 25.9. The molecule has 6 nitrogen and oxygen atoms in total. The molecule has 2 aliphatic rings. The molecule has 0 saturated carbocycles. The van der Waals surface area contributed by atoms with E-state index in [-0.39, 0.29) is 11.3 Å². The molecule has 2 rings (SSSR count). The average Bonchev–Trinajstić information content (AvgIpc) is 2.33. The van der Waals surface area contributed by atoms with Crippen LogP contribution < -0.4 is 0 Å². The van der Waals surface area contributed by atoms with Crippen molar-refractivity contribution in [2.45, 2.75) is 38.7 Å². The molecule has 0 aromatic carbocycles. The lowest BCUT2D eigenvalue weighted by Gasteiger charge is -2.47. The van der Waals surface area contributed by atoms with Crippen LogP contribution in [0.2, 0.25) is 0 Å². The molecule has 7 heteroatoms. The van der Waals surface area contributed by atoms with Gasteiger partial charge in [0.2, 0.25) is 15.9 Å². The van der Waals surface area contributed by atoms with E-state index in [0.29, 0.717) is 32.6 Å². The van der Waals surface area contributed by atoms with E-state index < -0.39 is 16.1 Å². The first-order valence-corrected chi connectivity index (χ1v) is 8.98. The van der Waals surface area contributed by atoms with E-state index in [2.05, 4.69) is 0 Å².